The first-order chi connectivity index (χ1) is 12.7. The number of ether oxygens (including phenoxy) is 1. The number of H-pyrrole nitrogens is 1. The van der Waals surface area contributed by atoms with Gasteiger partial charge in [-0.2, -0.15) is 5.10 Å². The minimum atomic E-state index is -0.235. The first-order valence-electron chi connectivity index (χ1n) is 9.27. The van der Waals surface area contributed by atoms with Crippen molar-refractivity contribution in [3.63, 3.8) is 0 Å². The summed E-state index contributed by atoms with van der Waals surface area (Å²) in [5.74, 6) is 0.690. The molecule has 0 unspecified atom stereocenters. The Morgan fingerprint density at radius 1 is 1.35 bits per heavy atom. The molecule has 26 heavy (non-hydrogen) atoms. The molecule has 0 aromatic carbocycles. The molecule has 1 N–H and O–H groups in total. The summed E-state index contributed by atoms with van der Waals surface area (Å²) in [5, 5.41) is 7.04. The van der Waals surface area contributed by atoms with Crippen LogP contribution in [0.1, 0.15) is 47.7 Å². The monoisotopic (exact) mass is 356 g/mol. The minimum Gasteiger partial charge on any atom is -0.368 e. The van der Waals surface area contributed by atoms with Crippen LogP contribution in [-0.4, -0.2) is 63.8 Å². The number of rotatable bonds is 4. The third-order valence-electron chi connectivity index (χ3n) is 4.97. The second kappa shape index (κ2) is 7.41. The fourth-order valence-corrected chi connectivity index (χ4v) is 3.44. The lowest BCUT2D eigenvalue weighted by atomic mass is 10.2. The maximum absolute atomic E-state index is 12.7. The van der Waals surface area contributed by atoms with Gasteiger partial charge in [0.25, 0.3) is 5.91 Å². The number of hydrogen-bond acceptors (Lipinski definition) is 6. The summed E-state index contributed by atoms with van der Waals surface area (Å²) in [5.41, 5.74) is 2.25. The van der Waals surface area contributed by atoms with Crippen LogP contribution in [0.5, 0.6) is 0 Å². The van der Waals surface area contributed by atoms with Gasteiger partial charge in [-0.1, -0.05) is 6.92 Å². The number of nitrogens with zero attached hydrogens (tertiary/aromatic N) is 5. The summed E-state index contributed by atoms with van der Waals surface area (Å²) in [6.45, 7) is 5.55. The van der Waals surface area contributed by atoms with Gasteiger partial charge in [0.1, 0.15) is 11.8 Å². The number of carbonyl (C=O) groups is 1. The summed E-state index contributed by atoms with van der Waals surface area (Å²) in [7, 11) is 0. The van der Waals surface area contributed by atoms with Gasteiger partial charge in [0.15, 0.2) is 0 Å². The Hall–Kier alpha value is -2.48. The van der Waals surface area contributed by atoms with E-state index in [9.17, 15) is 4.79 Å². The summed E-state index contributed by atoms with van der Waals surface area (Å²) in [6.07, 6.45) is 4.73. The molecule has 4 rings (SSSR count). The SMILES string of the molecule is CCc1cc(C(=O)N2CCO[C@H](c3ccnc(N4CCCC4)n3)C2)n[nH]1. The number of aryl methyl sites for hydroxylation is 1. The van der Waals surface area contributed by atoms with Crippen LogP contribution in [0.2, 0.25) is 0 Å². The topological polar surface area (TPSA) is 87.2 Å². The number of morpholine rings is 1. The molecule has 1 atom stereocenters. The molecule has 2 aliphatic heterocycles. The first kappa shape index (κ1) is 17.0. The van der Waals surface area contributed by atoms with Crippen molar-refractivity contribution in [2.45, 2.75) is 32.3 Å². The van der Waals surface area contributed by atoms with E-state index in [1.807, 2.05) is 19.1 Å². The van der Waals surface area contributed by atoms with Crippen LogP contribution in [0.3, 0.4) is 0 Å². The summed E-state index contributed by atoms with van der Waals surface area (Å²) in [6, 6.07) is 3.70. The van der Waals surface area contributed by atoms with Gasteiger partial charge in [-0.25, -0.2) is 9.97 Å². The van der Waals surface area contributed by atoms with E-state index in [1.54, 1.807) is 11.1 Å². The zero-order valence-electron chi connectivity index (χ0n) is 15.0. The van der Waals surface area contributed by atoms with Crippen molar-refractivity contribution in [1.29, 1.82) is 0 Å². The van der Waals surface area contributed by atoms with E-state index in [0.717, 1.165) is 36.8 Å². The second-order valence-corrected chi connectivity index (χ2v) is 6.72. The number of anilines is 1. The molecule has 138 valence electrons. The van der Waals surface area contributed by atoms with E-state index in [2.05, 4.69) is 20.1 Å². The number of nitrogens with one attached hydrogen (secondary N) is 1. The standard InChI is InChI=1S/C18H24N6O2/c1-2-13-11-15(22-21-13)17(25)24-9-10-26-16(12-24)14-5-6-19-18(20-14)23-7-3-4-8-23/h5-6,11,16H,2-4,7-10,12H2,1H3,(H,21,22)/t16-/m0/s1. The van der Waals surface area contributed by atoms with Gasteiger partial charge in [0.2, 0.25) is 5.95 Å². The van der Waals surface area contributed by atoms with Crippen molar-refractivity contribution in [2.24, 2.45) is 0 Å². The molecule has 4 heterocycles. The molecule has 2 fully saturated rings. The lowest BCUT2D eigenvalue weighted by molar-refractivity contribution is -0.0249. The zero-order valence-corrected chi connectivity index (χ0v) is 15.0. The molecule has 0 aliphatic carbocycles. The van der Waals surface area contributed by atoms with Gasteiger partial charge in [0, 0.05) is 31.5 Å². The van der Waals surface area contributed by atoms with Crippen LogP contribution in [0.15, 0.2) is 18.3 Å². The Bertz CT molecular complexity index is 771. The molecule has 8 heteroatoms. The molecule has 0 saturated carbocycles. The Balaban J connectivity index is 1.48. The van der Waals surface area contributed by atoms with E-state index in [1.165, 1.54) is 12.8 Å². The van der Waals surface area contributed by atoms with Crippen molar-refractivity contribution in [1.82, 2.24) is 25.1 Å². The Morgan fingerprint density at radius 3 is 2.96 bits per heavy atom. The predicted molar refractivity (Wildman–Crippen MR) is 96.0 cm³/mol. The van der Waals surface area contributed by atoms with Gasteiger partial charge < -0.3 is 14.5 Å². The minimum absolute atomic E-state index is 0.0666. The first-order valence-corrected chi connectivity index (χ1v) is 9.27. The average Bonchev–Trinajstić information content (AvgIpc) is 3.39. The maximum atomic E-state index is 12.7. The number of aromatic nitrogens is 4. The maximum Gasteiger partial charge on any atom is 0.274 e. The molecular weight excluding hydrogens is 332 g/mol. The quantitative estimate of drug-likeness (QED) is 0.895. The van der Waals surface area contributed by atoms with Gasteiger partial charge in [-0.3, -0.25) is 9.89 Å². The van der Waals surface area contributed by atoms with Gasteiger partial charge in [-0.05, 0) is 31.4 Å². The molecule has 1 amide bonds. The highest BCUT2D eigenvalue weighted by atomic mass is 16.5. The Morgan fingerprint density at radius 2 is 2.19 bits per heavy atom. The molecule has 0 spiro atoms. The molecular formula is C18H24N6O2. The normalized spacial score (nSPS) is 20.6. The highest BCUT2D eigenvalue weighted by Crippen LogP contribution is 2.24. The van der Waals surface area contributed by atoms with E-state index in [0.29, 0.717) is 25.4 Å². The molecule has 0 radical (unpaired) electrons. The summed E-state index contributed by atoms with van der Waals surface area (Å²) < 4.78 is 5.89. The Kier molecular flexibility index (Phi) is 4.83. The third-order valence-corrected chi connectivity index (χ3v) is 4.97. The van der Waals surface area contributed by atoms with Gasteiger partial charge in [-0.15, -0.1) is 0 Å². The number of amides is 1. The zero-order chi connectivity index (χ0) is 17.9. The van der Waals surface area contributed by atoms with Crippen LogP contribution in [0.4, 0.5) is 5.95 Å². The van der Waals surface area contributed by atoms with E-state index in [-0.39, 0.29) is 12.0 Å². The van der Waals surface area contributed by atoms with Crippen molar-refractivity contribution >= 4 is 11.9 Å². The fourth-order valence-electron chi connectivity index (χ4n) is 3.44. The van der Waals surface area contributed by atoms with Gasteiger partial charge in [0.05, 0.1) is 18.8 Å². The lowest BCUT2D eigenvalue weighted by Gasteiger charge is -2.32. The second-order valence-electron chi connectivity index (χ2n) is 6.72. The van der Waals surface area contributed by atoms with Crippen LogP contribution < -0.4 is 4.90 Å². The van der Waals surface area contributed by atoms with Crippen LogP contribution >= 0.6 is 0 Å². The van der Waals surface area contributed by atoms with Crippen molar-refractivity contribution in [3.8, 4) is 0 Å². The molecule has 0 bridgehead atoms. The van der Waals surface area contributed by atoms with Crippen molar-refractivity contribution in [3.05, 3.63) is 35.4 Å². The number of aromatic amines is 1. The highest BCUT2D eigenvalue weighted by Gasteiger charge is 2.29. The van der Waals surface area contributed by atoms with Gasteiger partial charge >= 0.3 is 0 Å². The number of hydrogen-bond donors (Lipinski definition) is 1. The largest absolute Gasteiger partial charge is 0.368 e. The summed E-state index contributed by atoms with van der Waals surface area (Å²) in [4.78, 5) is 25.8. The van der Waals surface area contributed by atoms with E-state index >= 15 is 0 Å². The van der Waals surface area contributed by atoms with Crippen molar-refractivity contribution in [2.75, 3.05) is 37.7 Å². The number of carbonyl (C=O) groups excluding carboxylic acids is 1. The van der Waals surface area contributed by atoms with Crippen molar-refractivity contribution < 1.29 is 9.53 Å². The molecule has 8 nitrogen and oxygen atoms in total. The van der Waals surface area contributed by atoms with E-state index < -0.39 is 0 Å². The van der Waals surface area contributed by atoms with Crippen LogP contribution in [0.25, 0.3) is 0 Å². The predicted octanol–water partition coefficient (Wildman–Crippen LogP) is 1.58. The molecule has 2 aromatic rings. The Labute approximate surface area is 152 Å². The van der Waals surface area contributed by atoms with E-state index in [4.69, 9.17) is 9.72 Å². The third kappa shape index (κ3) is 3.41. The fraction of sp³-hybridized carbons (Fsp3) is 0.556. The molecule has 2 aromatic heterocycles. The highest BCUT2D eigenvalue weighted by molar-refractivity contribution is 5.92. The van der Waals surface area contributed by atoms with Crippen LogP contribution in [-0.2, 0) is 11.2 Å². The average molecular weight is 356 g/mol. The molecule has 2 saturated heterocycles. The molecule has 2 aliphatic rings. The smallest absolute Gasteiger partial charge is 0.274 e. The lowest BCUT2D eigenvalue weighted by Crippen LogP contribution is -2.42. The van der Waals surface area contributed by atoms with Crippen LogP contribution in [0, 0.1) is 0 Å². The summed E-state index contributed by atoms with van der Waals surface area (Å²) >= 11 is 0.